The highest BCUT2D eigenvalue weighted by Crippen LogP contribution is 2.52. The summed E-state index contributed by atoms with van der Waals surface area (Å²) < 4.78 is 23.6. The Labute approximate surface area is 106 Å². The summed E-state index contributed by atoms with van der Waals surface area (Å²) in [7, 11) is -3.15. The van der Waals surface area contributed by atoms with Gasteiger partial charge in [-0.3, -0.25) is 0 Å². The molecule has 5 heteroatoms. The van der Waals surface area contributed by atoms with Gasteiger partial charge in [-0.05, 0) is 17.7 Å². The van der Waals surface area contributed by atoms with Gasteiger partial charge in [0.05, 0.1) is 17.2 Å². The van der Waals surface area contributed by atoms with Crippen molar-refractivity contribution in [2.75, 3.05) is 5.75 Å². The maximum atomic E-state index is 11.8. The van der Waals surface area contributed by atoms with Crippen LogP contribution in [0.2, 0.25) is 5.02 Å². The Kier molecular flexibility index (Phi) is 3.15. The summed E-state index contributed by atoms with van der Waals surface area (Å²) in [5, 5.41) is 9.05. The Morgan fingerprint density at radius 2 is 1.94 bits per heavy atom. The van der Waals surface area contributed by atoms with Crippen molar-refractivity contribution >= 4 is 21.4 Å². The van der Waals surface area contributed by atoms with E-state index < -0.39 is 21.0 Å². The molecule has 0 unspecified atom stereocenters. The largest absolute Gasteiger partial charge is 0.228 e. The lowest BCUT2D eigenvalue weighted by atomic mass is 10.1. The number of hydrogen-bond donors (Lipinski definition) is 0. The van der Waals surface area contributed by atoms with Crippen LogP contribution in [0.15, 0.2) is 24.3 Å². The highest BCUT2D eigenvalue weighted by atomic mass is 35.5. The van der Waals surface area contributed by atoms with Crippen molar-refractivity contribution in [3.05, 3.63) is 34.9 Å². The summed E-state index contributed by atoms with van der Waals surface area (Å²) >= 11 is 5.78. The van der Waals surface area contributed by atoms with Gasteiger partial charge in [0, 0.05) is 16.7 Å². The zero-order valence-corrected chi connectivity index (χ0v) is 10.9. The van der Waals surface area contributed by atoms with Crippen molar-refractivity contribution in [2.24, 2.45) is 5.92 Å². The second-order valence-electron chi connectivity index (χ2n) is 4.15. The fraction of sp³-hybridized carbons (Fsp3) is 0.417. The number of sulfone groups is 1. The number of halogens is 1. The molecule has 0 saturated heterocycles. The molecule has 0 aromatic heterocycles. The van der Waals surface area contributed by atoms with Crippen molar-refractivity contribution in [1.82, 2.24) is 0 Å². The van der Waals surface area contributed by atoms with Crippen LogP contribution in [0, 0.1) is 17.2 Å². The van der Waals surface area contributed by atoms with Gasteiger partial charge in [0.25, 0.3) is 0 Å². The van der Waals surface area contributed by atoms with E-state index >= 15 is 0 Å². The highest BCUT2D eigenvalue weighted by molar-refractivity contribution is 7.92. The third-order valence-corrected chi connectivity index (χ3v) is 5.65. The maximum Gasteiger partial charge on any atom is 0.154 e. The van der Waals surface area contributed by atoms with Crippen LogP contribution in [0.3, 0.4) is 0 Å². The Morgan fingerprint density at radius 3 is 2.41 bits per heavy atom. The topological polar surface area (TPSA) is 57.9 Å². The van der Waals surface area contributed by atoms with Crippen molar-refractivity contribution < 1.29 is 8.42 Å². The molecule has 0 radical (unpaired) electrons. The van der Waals surface area contributed by atoms with E-state index in [1.54, 1.807) is 31.2 Å². The van der Waals surface area contributed by atoms with Gasteiger partial charge >= 0.3 is 0 Å². The summed E-state index contributed by atoms with van der Waals surface area (Å²) in [5.41, 5.74) is 0.878. The summed E-state index contributed by atoms with van der Waals surface area (Å²) in [4.78, 5) is 0. The lowest BCUT2D eigenvalue weighted by Crippen LogP contribution is -2.12. The zero-order chi connectivity index (χ0) is 12.6. The molecule has 3 atom stereocenters. The van der Waals surface area contributed by atoms with E-state index in [-0.39, 0.29) is 11.7 Å². The minimum atomic E-state index is -3.15. The van der Waals surface area contributed by atoms with E-state index in [0.29, 0.717) is 5.02 Å². The Balaban J connectivity index is 2.30. The lowest BCUT2D eigenvalue weighted by molar-refractivity contribution is 0.594. The standard InChI is InChI=1S/C12H12ClNO2S/c1-2-17(15,16)12-10(7-14)11(12)8-3-5-9(13)6-4-8/h3-6,10-12H,2H2,1H3/t10-,11+,12+/m0/s1. The fourth-order valence-corrected chi connectivity index (χ4v) is 4.03. The van der Waals surface area contributed by atoms with E-state index in [9.17, 15) is 8.42 Å². The van der Waals surface area contributed by atoms with Crippen molar-refractivity contribution in [3.8, 4) is 6.07 Å². The monoisotopic (exact) mass is 269 g/mol. The molecule has 17 heavy (non-hydrogen) atoms. The molecule has 0 spiro atoms. The minimum Gasteiger partial charge on any atom is -0.228 e. The van der Waals surface area contributed by atoms with Crippen LogP contribution in [0.4, 0.5) is 0 Å². The van der Waals surface area contributed by atoms with Gasteiger partial charge in [0.2, 0.25) is 0 Å². The second-order valence-corrected chi connectivity index (χ2v) is 7.03. The SMILES string of the molecule is CCS(=O)(=O)[C@@H]1[C@@H](C#N)[C@H]1c1ccc(Cl)cc1. The van der Waals surface area contributed by atoms with Crippen LogP contribution in [-0.2, 0) is 9.84 Å². The summed E-state index contributed by atoms with van der Waals surface area (Å²) in [5.74, 6) is -0.525. The van der Waals surface area contributed by atoms with E-state index in [0.717, 1.165) is 5.56 Å². The van der Waals surface area contributed by atoms with E-state index in [4.69, 9.17) is 16.9 Å². The molecule has 1 aromatic carbocycles. The summed E-state index contributed by atoms with van der Waals surface area (Å²) in [6, 6.07) is 9.11. The smallest absolute Gasteiger partial charge is 0.154 e. The van der Waals surface area contributed by atoms with Crippen LogP contribution >= 0.6 is 11.6 Å². The first-order valence-corrected chi connectivity index (χ1v) is 7.47. The van der Waals surface area contributed by atoms with Gasteiger partial charge in [0.15, 0.2) is 9.84 Å². The second kappa shape index (κ2) is 4.32. The number of hydrogen-bond acceptors (Lipinski definition) is 3. The van der Waals surface area contributed by atoms with E-state index in [1.807, 2.05) is 0 Å². The van der Waals surface area contributed by atoms with Crippen LogP contribution < -0.4 is 0 Å². The minimum absolute atomic E-state index is 0.0833. The number of benzene rings is 1. The first-order chi connectivity index (χ1) is 8.01. The predicted molar refractivity (Wildman–Crippen MR) is 66.5 cm³/mol. The third-order valence-electron chi connectivity index (χ3n) is 3.17. The average molecular weight is 270 g/mol. The highest BCUT2D eigenvalue weighted by Gasteiger charge is 2.58. The molecule has 1 fully saturated rings. The first kappa shape index (κ1) is 12.4. The third kappa shape index (κ3) is 2.18. The van der Waals surface area contributed by atoms with E-state index in [2.05, 4.69) is 6.07 Å². The van der Waals surface area contributed by atoms with Gasteiger partial charge in [-0.1, -0.05) is 30.7 Å². The molecular formula is C12H12ClNO2S. The van der Waals surface area contributed by atoms with Gasteiger partial charge < -0.3 is 0 Å². The molecule has 90 valence electrons. The first-order valence-electron chi connectivity index (χ1n) is 5.38. The van der Waals surface area contributed by atoms with Crippen LogP contribution in [-0.4, -0.2) is 19.4 Å². The molecule has 0 amide bonds. The molecule has 0 aliphatic heterocycles. The molecule has 2 rings (SSSR count). The molecule has 0 bridgehead atoms. The Morgan fingerprint density at radius 1 is 1.35 bits per heavy atom. The number of rotatable bonds is 3. The molecular weight excluding hydrogens is 258 g/mol. The van der Waals surface area contributed by atoms with Gasteiger partial charge in [-0.15, -0.1) is 0 Å². The molecule has 1 aromatic rings. The quantitative estimate of drug-likeness (QED) is 0.846. The zero-order valence-electron chi connectivity index (χ0n) is 9.30. The van der Waals surface area contributed by atoms with Gasteiger partial charge in [-0.25, -0.2) is 8.42 Å². The summed E-state index contributed by atoms with van der Waals surface area (Å²) in [6.07, 6.45) is 0. The van der Waals surface area contributed by atoms with Crippen LogP contribution in [0.1, 0.15) is 18.4 Å². The van der Waals surface area contributed by atoms with Crippen molar-refractivity contribution in [3.63, 3.8) is 0 Å². The van der Waals surface area contributed by atoms with Gasteiger partial charge in [0.1, 0.15) is 0 Å². The summed E-state index contributed by atoms with van der Waals surface area (Å²) in [6.45, 7) is 1.61. The Bertz CT molecular complexity index is 559. The van der Waals surface area contributed by atoms with Crippen LogP contribution in [0.25, 0.3) is 0 Å². The molecule has 1 aliphatic rings. The molecule has 1 aliphatic carbocycles. The van der Waals surface area contributed by atoms with Crippen molar-refractivity contribution in [2.45, 2.75) is 18.1 Å². The molecule has 0 N–H and O–H groups in total. The number of nitrogens with zero attached hydrogens (tertiary/aromatic N) is 1. The normalized spacial score (nSPS) is 27.5. The maximum absolute atomic E-state index is 11.8. The molecule has 0 heterocycles. The molecule has 3 nitrogen and oxygen atoms in total. The van der Waals surface area contributed by atoms with Crippen LogP contribution in [0.5, 0.6) is 0 Å². The lowest BCUT2D eigenvalue weighted by Gasteiger charge is -2.00. The predicted octanol–water partition coefficient (Wildman–Crippen LogP) is 2.38. The number of nitriles is 1. The van der Waals surface area contributed by atoms with Crippen molar-refractivity contribution in [1.29, 1.82) is 5.26 Å². The molecule has 1 saturated carbocycles. The Hall–Kier alpha value is -1.05. The average Bonchev–Trinajstić information content (AvgIpc) is 3.05. The fourth-order valence-electron chi connectivity index (χ4n) is 2.16. The van der Waals surface area contributed by atoms with E-state index in [1.165, 1.54) is 0 Å². The van der Waals surface area contributed by atoms with Gasteiger partial charge in [-0.2, -0.15) is 5.26 Å².